The SMILES string of the molecule is C=C(C)CN(C)C(=O)C(C)NC(C)C.CC. The topological polar surface area (TPSA) is 32.3 Å². The third-order valence-corrected chi connectivity index (χ3v) is 1.84. The van der Waals surface area contributed by atoms with Crippen molar-refractivity contribution >= 4 is 5.91 Å². The number of rotatable bonds is 5. The van der Waals surface area contributed by atoms with Crippen LogP contribution in [0, 0.1) is 0 Å². The second-order valence-corrected chi connectivity index (χ2v) is 4.19. The number of nitrogens with one attached hydrogen (secondary N) is 1. The van der Waals surface area contributed by atoms with Crippen molar-refractivity contribution in [2.45, 2.75) is 53.6 Å². The average Bonchev–Trinajstić information content (AvgIpc) is 2.17. The zero-order valence-corrected chi connectivity index (χ0v) is 11.9. The van der Waals surface area contributed by atoms with Gasteiger partial charge in [0.05, 0.1) is 6.04 Å². The fourth-order valence-electron chi connectivity index (χ4n) is 1.38. The third-order valence-electron chi connectivity index (χ3n) is 1.84. The molecular formula is C13H28N2O. The summed E-state index contributed by atoms with van der Waals surface area (Å²) in [6, 6.07) is 0.200. The molecule has 0 rings (SSSR count). The summed E-state index contributed by atoms with van der Waals surface area (Å²) < 4.78 is 0. The Bertz CT molecular complexity index is 212. The van der Waals surface area contributed by atoms with Crippen LogP contribution in [0.15, 0.2) is 12.2 Å². The van der Waals surface area contributed by atoms with Crippen LogP contribution in [0.4, 0.5) is 0 Å². The molecule has 0 saturated carbocycles. The summed E-state index contributed by atoms with van der Waals surface area (Å²) >= 11 is 0. The van der Waals surface area contributed by atoms with Gasteiger partial charge in [-0.1, -0.05) is 39.8 Å². The van der Waals surface area contributed by atoms with Gasteiger partial charge in [-0.3, -0.25) is 4.79 Å². The van der Waals surface area contributed by atoms with Crippen molar-refractivity contribution in [1.82, 2.24) is 10.2 Å². The van der Waals surface area contributed by atoms with Gasteiger partial charge in [-0.05, 0) is 13.8 Å². The van der Waals surface area contributed by atoms with Crippen LogP contribution in [-0.4, -0.2) is 36.5 Å². The predicted octanol–water partition coefficient (Wildman–Crippen LogP) is 2.43. The van der Waals surface area contributed by atoms with Gasteiger partial charge in [-0.15, -0.1) is 0 Å². The Morgan fingerprint density at radius 1 is 1.31 bits per heavy atom. The smallest absolute Gasteiger partial charge is 0.239 e. The summed E-state index contributed by atoms with van der Waals surface area (Å²) in [5.74, 6) is 0.113. The van der Waals surface area contributed by atoms with Crippen molar-refractivity contribution in [3.63, 3.8) is 0 Å². The summed E-state index contributed by atoms with van der Waals surface area (Å²) in [5, 5.41) is 3.18. The van der Waals surface area contributed by atoms with Gasteiger partial charge >= 0.3 is 0 Å². The Kier molecular flexibility index (Phi) is 10.3. The van der Waals surface area contributed by atoms with Gasteiger partial charge in [0.15, 0.2) is 0 Å². The third kappa shape index (κ3) is 8.48. The number of carbonyl (C=O) groups excluding carboxylic acids is 1. The average molecular weight is 228 g/mol. The van der Waals surface area contributed by atoms with Crippen LogP contribution in [0.2, 0.25) is 0 Å². The Hall–Kier alpha value is -0.830. The van der Waals surface area contributed by atoms with Crippen molar-refractivity contribution in [1.29, 1.82) is 0 Å². The van der Waals surface area contributed by atoms with E-state index in [2.05, 4.69) is 11.9 Å². The molecule has 16 heavy (non-hydrogen) atoms. The monoisotopic (exact) mass is 228 g/mol. The molecule has 0 spiro atoms. The molecule has 1 atom stereocenters. The van der Waals surface area contributed by atoms with Crippen LogP contribution in [0.5, 0.6) is 0 Å². The number of amides is 1. The first-order chi connectivity index (χ1) is 7.34. The zero-order chi connectivity index (χ0) is 13.3. The minimum absolute atomic E-state index is 0.113. The molecule has 0 aromatic heterocycles. The lowest BCUT2D eigenvalue weighted by molar-refractivity contribution is -0.131. The van der Waals surface area contributed by atoms with Crippen LogP contribution in [0.1, 0.15) is 41.5 Å². The van der Waals surface area contributed by atoms with Crippen molar-refractivity contribution < 1.29 is 4.79 Å². The number of carbonyl (C=O) groups is 1. The maximum absolute atomic E-state index is 11.7. The first-order valence-corrected chi connectivity index (χ1v) is 6.00. The highest BCUT2D eigenvalue weighted by atomic mass is 16.2. The molecule has 0 aromatic carbocycles. The van der Waals surface area contributed by atoms with E-state index in [1.165, 1.54) is 0 Å². The summed E-state index contributed by atoms with van der Waals surface area (Å²) in [6.07, 6.45) is 0. The molecule has 0 saturated heterocycles. The van der Waals surface area contributed by atoms with E-state index in [1.807, 2.05) is 41.5 Å². The first-order valence-electron chi connectivity index (χ1n) is 6.00. The van der Waals surface area contributed by atoms with Gasteiger partial charge in [-0.2, -0.15) is 0 Å². The van der Waals surface area contributed by atoms with Gasteiger partial charge in [-0.25, -0.2) is 0 Å². The van der Waals surface area contributed by atoms with Crippen LogP contribution in [0.3, 0.4) is 0 Å². The number of likely N-dealkylation sites (N-methyl/N-ethyl adjacent to an activating group) is 1. The van der Waals surface area contributed by atoms with E-state index in [9.17, 15) is 4.79 Å². The standard InChI is InChI=1S/C11H22N2O.C2H6/c1-8(2)7-13(6)11(14)10(5)12-9(3)4;1-2/h9-10,12H,1,7H2,2-6H3;1-2H3. The van der Waals surface area contributed by atoms with Crippen molar-refractivity contribution in [2.24, 2.45) is 0 Å². The van der Waals surface area contributed by atoms with E-state index in [0.29, 0.717) is 12.6 Å². The molecule has 0 aromatic rings. The molecule has 0 fully saturated rings. The molecule has 1 amide bonds. The quantitative estimate of drug-likeness (QED) is 0.733. The number of nitrogens with zero attached hydrogens (tertiary/aromatic N) is 1. The Morgan fingerprint density at radius 3 is 2.06 bits per heavy atom. The summed E-state index contributed by atoms with van der Waals surface area (Å²) in [7, 11) is 1.80. The molecule has 1 unspecified atom stereocenters. The second kappa shape index (κ2) is 9.40. The number of hydrogen-bond donors (Lipinski definition) is 1. The van der Waals surface area contributed by atoms with Crippen LogP contribution < -0.4 is 5.32 Å². The van der Waals surface area contributed by atoms with Gasteiger partial charge in [0.1, 0.15) is 0 Å². The van der Waals surface area contributed by atoms with Crippen molar-refractivity contribution in [3.8, 4) is 0 Å². The normalized spacial score (nSPS) is 11.5. The zero-order valence-electron chi connectivity index (χ0n) is 11.9. The molecule has 0 aliphatic heterocycles. The molecule has 0 bridgehead atoms. The van der Waals surface area contributed by atoms with E-state index in [0.717, 1.165) is 5.57 Å². The highest BCUT2D eigenvalue weighted by molar-refractivity contribution is 5.81. The minimum Gasteiger partial charge on any atom is -0.340 e. The van der Waals surface area contributed by atoms with Crippen LogP contribution >= 0.6 is 0 Å². The molecule has 96 valence electrons. The fourth-order valence-corrected chi connectivity index (χ4v) is 1.38. The highest BCUT2D eigenvalue weighted by Gasteiger charge is 2.17. The largest absolute Gasteiger partial charge is 0.340 e. The molecule has 3 nitrogen and oxygen atoms in total. The molecule has 0 aliphatic carbocycles. The summed E-state index contributed by atoms with van der Waals surface area (Å²) in [5.41, 5.74) is 0.998. The Balaban J connectivity index is 0. The Labute approximate surface area is 101 Å². The van der Waals surface area contributed by atoms with Gasteiger partial charge in [0, 0.05) is 19.6 Å². The van der Waals surface area contributed by atoms with E-state index in [-0.39, 0.29) is 11.9 Å². The molecule has 1 N–H and O–H groups in total. The maximum atomic E-state index is 11.7. The van der Waals surface area contributed by atoms with E-state index >= 15 is 0 Å². The molecule has 0 aliphatic rings. The van der Waals surface area contributed by atoms with Gasteiger partial charge in [0.2, 0.25) is 5.91 Å². The molecule has 0 radical (unpaired) electrons. The summed E-state index contributed by atoms with van der Waals surface area (Å²) in [6.45, 7) is 16.3. The lowest BCUT2D eigenvalue weighted by Crippen LogP contribution is -2.45. The molecule has 3 heteroatoms. The van der Waals surface area contributed by atoms with Crippen LogP contribution in [-0.2, 0) is 4.79 Å². The minimum atomic E-state index is -0.126. The lowest BCUT2D eigenvalue weighted by Gasteiger charge is -2.23. The second-order valence-electron chi connectivity index (χ2n) is 4.19. The van der Waals surface area contributed by atoms with Gasteiger partial charge in [0.25, 0.3) is 0 Å². The van der Waals surface area contributed by atoms with Crippen molar-refractivity contribution in [2.75, 3.05) is 13.6 Å². The maximum Gasteiger partial charge on any atom is 0.239 e. The molecular weight excluding hydrogens is 200 g/mol. The predicted molar refractivity (Wildman–Crippen MR) is 71.5 cm³/mol. The summed E-state index contributed by atoms with van der Waals surface area (Å²) in [4.78, 5) is 13.4. The van der Waals surface area contributed by atoms with Crippen molar-refractivity contribution in [3.05, 3.63) is 12.2 Å². The van der Waals surface area contributed by atoms with Gasteiger partial charge < -0.3 is 10.2 Å². The van der Waals surface area contributed by atoms with Crippen LogP contribution in [0.25, 0.3) is 0 Å². The van der Waals surface area contributed by atoms with E-state index < -0.39 is 0 Å². The lowest BCUT2D eigenvalue weighted by atomic mass is 10.2. The van der Waals surface area contributed by atoms with E-state index in [1.54, 1.807) is 11.9 Å². The fraction of sp³-hybridized carbons (Fsp3) is 0.769. The van der Waals surface area contributed by atoms with E-state index in [4.69, 9.17) is 0 Å². The Morgan fingerprint density at radius 2 is 1.75 bits per heavy atom. The molecule has 0 heterocycles. The highest BCUT2D eigenvalue weighted by Crippen LogP contribution is 1.97. The first kappa shape index (κ1) is 17.6. The number of hydrogen-bond acceptors (Lipinski definition) is 2.